The third-order valence-corrected chi connectivity index (χ3v) is 5.05. The van der Waals surface area contributed by atoms with E-state index in [2.05, 4.69) is 66.7 Å². The van der Waals surface area contributed by atoms with E-state index in [1.807, 2.05) is 18.2 Å². The summed E-state index contributed by atoms with van der Waals surface area (Å²) < 4.78 is 0. The van der Waals surface area contributed by atoms with E-state index in [4.69, 9.17) is 0 Å². The van der Waals surface area contributed by atoms with Crippen LogP contribution in [0.15, 0.2) is 72.8 Å². The van der Waals surface area contributed by atoms with Crippen molar-refractivity contribution in [3.8, 4) is 0 Å². The maximum atomic E-state index is 12.3. The Morgan fingerprint density at radius 2 is 1.69 bits per heavy atom. The number of fused-ring (bicyclic) bond motifs is 2. The van der Waals surface area contributed by atoms with Crippen molar-refractivity contribution in [2.24, 2.45) is 5.92 Å². The first-order valence-corrected chi connectivity index (χ1v) is 9.25. The smallest absolute Gasteiger partial charge is 0.155 e. The van der Waals surface area contributed by atoms with E-state index < -0.39 is 0 Å². The average Bonchev–Trinajstić information content (AvgIpc) is 2.70. The van der Waals surface area contributed by atoms with Crippen LogP contribution in [0, 0.1) is 5.92 Å². The van der Waals surface area contributed by atoms with Crippen LogP contribution in [0.3, 0.4) is 0 Å². The molecule has 0 fully saturated rings. The van der Waals surface area contributed by atoms with Gasteiger partial charge in [0.1, 0.15) is 0 Å². The number of hydrogen-bond acceptors (Lipinski definition) is 1. The number of benzene rings is 3. The molecule has 0 heterocycles. The number of rotatable bonds is 5. The second-order valence-corrected chi connectivity index (χ2v) is 6.94. The SMILES string of the molecule is O=C(/C=C/c1ccc2ccccc2c1)CCC1C=c2ccccc2=CC1. The van der Waals surface area contributed by atoms with Gasteiger partial charge in [0.2, 0.25) is 0 Å². The van der Waals surface area contributed by atoms with Crippen LogP contribution in [-0.4, -0.2) is 5.78 Å². The van der Waals surface area contributed by atoms with Crippen molar-refractivity contribution in [3.05, 3.63) is 88.8 Å². The highest BCUT2D eigenvalue weighted by molar-refractivity contribution is 5.94. The topological polar surface area (TPSA) is 17.1 Å². The maximum Gasteiger partial charge on any atom is 0.155 e. The normalized spacial score (nSPS) is 16.1. The van der Waals surface area contributed by atoms with Gasteiger partial charge < -0.3 is 0 Å². The molecular weight excluding hydrogens is 316 g/mol. The minimum atomic E-state index is 0.199. The van der Waals surface area contributed by atoms with Crippen molar-refractivity contribution < 1.29 is 4.79 Å². The molecule has 3 aromatic carbocycles. The van der Waals surface area contributed by atoms with E-state index in [1.165, 1.54) is 21.2 Å². The van der Waals surface area contributed by atoms with E-state index in [-0.39, 0.29) is 5.78 Å². The molecule has 1 unspecified atom stereocenters. The van der Waals surface area contributed by atoms with Crippen molar-refractivity contribution in [3.63, 3.8) is 0 Å². The largest absolute Gasteiger partial charge is 0.295 e. The van der Waals surface area contributed by atoms with E-state index in [1.54, 1.807) is 6.08 Å². The third kappa shape index (κ3) is 3.83. The molecule has 0 saturated heterocycles. The Balaban J connectivity index is 1.38. The van der Waals surface area contributed by atoms with Gasteiger partial charge in [0.15, 0.2) is 5.78 Å². The predicted molar refractivity (Wildman–Crippen MR) is 110 cm³/mol. The number of allylic oxidation sites excluding steroid dienone is 1. The van der Waals surface area contributed by atoms with Gasteiger partial charge in [0, 0.05) is 6.42 Å². The van der Waals surface area contributed by atoms with Crippen molar-refractivity contribution in [2.75, 3.05) is 0 Å². The molecule has 4 rings (SSSR count). The number of hydrogen-bond donors (Lipinski definition) is 0. The Hall–Kier alpha value is -2.93. The van der Waals surface area contributed by atoms with E-state index >= 15 is 0 Å². The van der Waals surface area contributed by atoms with Crippen LogP contribution < -0.4 is 10.4 Å². The molecule has 128 valence electrons. The van der Waals surface area contributed by atoms with E-state index in [0.29, 0.717) is 12.3 Å². The Labute approximate surface area is 154 Å². The van der Waals surface area contributed by atoms with Crippen LogP contribution >= 0.6 is 0 Å². The molecule has 0 aliphatic heterocycles. The Kier molecular flexibility index (Phi) is 4.79. The molecule has 0 amide bonds. The number of ketones is 1. The summed E-state index contributed by atoms with van der Waals surface area (Å²) in [7, 11) is 0. The predicted octanol–water partition coefficient (Wildman–Crippen LogP) is 4.48. The summed E-state index contributed by atoms with van der Waals surface area (Å²) in [6.07, 6.45) is 10.8. The zero-order valence-electron chi connectivity index (χ0n) is 14.8. The summed E-state index contributed by atoms with van der Waals surface area (Å²) in [6, 6.07) is 23.0. The van der Waals surface area contributed by atoms with Gasteiger partial charge in [-0.25, -0.2) is 0 Å². The molecule has 0 aromatic heterocycles. The van der Waals surface area contributed by atoms with Crippen molar-refractivity contribution >= 4 is 34.8 Å². The zero-order chi connectivity index (χ0) is 17.8. The first kappa shape index (κ1) is 16.5. The highest BCUT2D eigenvalue weighted by Crippen LogP contribution is 2.18. The molecule has 0 radical (unpaired) electrons. The lowest BCUT2D eigenvalue weighted by Gasteiger charge is -2.12. The van der Waals surface area contributed by atoms with Crippen LogP contribution in [0.1, 0.15) is 24.8 Å². The van der Waals surface area contributed by atoms with Gasteiger partial charge in [-0.3, -0.25) is 4.79 Å². The molecule has 0 bridgehead atoms. The molecular formula is C25H22O. The van der Waals surface area contributed by atoms with Gasteiger partial charge in [0.25, 0.3) is 0 Å². The first-order valence-electron chi connectivity index (χ1n) is 9.25. The molecule has 0 spiro atoms. The number of carbonyl (C=O) groups excluding carboxylic acids is 1. The monoisotopic (exact) mass is 338 g/mol. The average molecular weight is 338 g/mol. The molecule has 26 heavy (non-hydrogen) atoms. The molecule has 1 aliphatic carbocycles. The highest BCUT2D eigenvalue weighted by atomic mass is 16.1. The Bertz CT molecular complexity index is 1090. The van der Waals surface area contributed by atoms with Crippen LogP contribution in [0.4, 0.5) is 0 Å². The van der Waals surface area contributed by atoms with Crippen molar-refractivity contribution in [1.29, 1.82) is 0 Å². The van der Waals surface area contributed by atoms with Crippen LogP contribution in [-0.2, 0) is 4.79 Å². The second-order valence-electron chi connectivity index (χ2n) is 6.94. The fourth-order valence-electron chi connectivity index (χ4n) is 3.56. The molecule has 3 aromatic rings. The lowest BCUT2D eigenvalue weighted by Crippen LogP contribution is -2.28. The quantitative estimate of drug-likeness (QED) is 0.627. The van der Waals surface area contributed by atoms with E-state index in [0.717, 1.165) is 18.4 Å². The van der Waals surface area contributed by atoms with Crippen LogP contribution in [0.25, 0.3) is 29.0 Å². The van der Waals surface area contributed by atoms with Gasteiger partial charge in [-0.2, -0.15) is 0 Å². The fraction of sp³-hybridized carbons (Fsp3) is 0.160. The highest BCUT2D eigenvalue weighted by Gasteiger charge is 2.09. The lowest BCUT2D eigenvalue weighted by molar-refractivity contribution is -0.114. The molecule has 1 atom stereocenters. The molecule has 0 N–H and O–H groups in total. The molecule has 0 saturated carbocycles. The Morgan fingerprint density at radius 1 is 0.923 bits per heavy atom. The molecule has 1 aliphatic rings. The van der Waals surface area contributed by atoms with Gasteiger partial charge in [0.05, 0.1) is 0 Å². The summed E-state index contributed by atoms with van der Waals surface area (Å²) in [5.41, 5.74) is 1.07. The summed E-state index contributed by atoms with van der Waals surface area (Å²) in [5, 5.41) is 5.03. The second kappa shape index (κ2) is 7.53. The first-order chi connectivity index (χ1) is 12.8. The van der Waals surface area contributed by atoms with Gasteiger partial charge >= 0.3 is 0 Å². The van der Waals surface area contributed by atoms with Crippen LogP contribution in [0.5, 0.6) is 0 Å². The lowest BCUT2D eigenvalue weighted by atomic mass is 9.92. The summed E-state index contributed by atoms with van der Waals surface area (Å²) in [5.74, 6) is 0.660. The van der Waals surface area contributed by atoms with Gasteiger partial charge in [-0.05, 0) is 57.7 Å². The summed E-state index contributed by atoms with van der Waals surface area (Å²) in [6.45, 7) is 0. The summed E-state index contributed by atoms with van der Waals surface area (Å²) in [4.78, 5) is 12.3. The van der Waals surface area contributed by atoms with Gasteiger partial charge in [-0.1, -0.05) is 78.9 Å². The molecule has 1 nitrogen and oxygen atoms in total. The van der Waals surface area contributed by atoms with E-state index in [9.17, 15) is 4.79 Å². The minimum Gasteiger partial charge on any atom is -0.295 e. The maximum absolute atomic E-state index is 12.3. The third-order valence-electron chi connectivity index (χ3n) is 5.05. The Morgan fingerprint density at radius 3 is 2.58 bits per heavy atom. The minimum absolute atomic E-state index is 0.199. The zero-order valence-corrected chi connectivity index (χ0v) is 14.8. The van der Waals surface area contributed by atoms with Crippen molar-refractivity contribution in [1.82, 2.24) is 0 Å². The van der Waals surface area contributed by atoms with Crippen LogP contribution in [0.2, 0.25) is 0 Å². The van der Waals surface area contributed by atoms with Crippen molar-refractivity contribution in [2.45, 2.75) is 19.3 Å². The number of carbonyl (C=O) groups is 1. The fourth-order valence-corrected chi connectivity index (χ4v) is 3.56. The standard InChI is InChI=1S/C25H22O/c26-25(15-11-19-9-13-21-5-1-3-7-23(21)17-19)16-12-20-10-14-22-6-2-4-8-24(22)18-20/h1-9,11,13-15,17-18,20H,10,12,16H2/b15-11+. The van der Waals surface area contributed by atoms with Gasteiger partial charge in [-0.15, -0.1) is 0 Å². The molecule has 1 heteroatoms. The summed E-state index contributed by atoms with van der Waals surface area (Å²) >= 11 is 0.